The van der Waals surface area contributed by atoms with Gasteiger partial charge in [0.15, 0.2) is 0 Å². The predicted molar refractivity (Wildman–Crippen MR) is 78.8 cm³/mol. The van der Waals surface area contributed by atoms with Crippen LogP contribution in [0.15, 0.2) is 24.3 Å². The smallest absolute Gasteiger partial charge is 0.241 e. The third-order valence-electron chi connectivity index (χ3n) is 4.14. The van der Waals surface area contributed by atoms with Gasteiger partial charge in [-0.05, 0) is 25.0 Å². The standard InChI is InChI=1S/C16H22N2O3/c1-11-5-3-4-6-14(11)15-17-12(2)16(19)18(15)9-13-10-20-7-8-21-13/h3-6,12-13,15,17H,7-10H2,1-2H3. The summed E-state index contributed by atoms with van der Waals surface area (Å²) in [5.41, 5.74) is 2.33. The second kappa shape index (κ2) is 6.13. The Kier molecular flexibility index (Phi) is 4.24. The van der Waals surface area contributed by atoms with E-state index in [0.717, 1.165) is 5.56 Å². The van der Waals surface area contributed by atoms with Gasteiger partial charge in [-0.1, -0.05) is 24.3 Å². The lowest BCUT2D eigenvalue weighted by molar-refractivity contribution is -0.137. The van der Waals surface area contributed by atoms with Crippen LogP contribution in [0, 0.1) is 6.92 Å². The van der Waals surface area contributed by atoms with E-state index in [-0.39, 0.29) is 24.2 Å². The number of nitrogens with zero attached hydrogens (tertiary/aromatic N) is 1. The number of hydrogen-bond donors (Lipinski definition) is 1. The Morgan fingerprint density at radius 1 is 1.33 bits per heavy atom. The lowest BCUT2D eigenvalue weighted by Crippen LogP contribution is -2.42. The first-order chi connectivity index (χ1) is 10.2. The van der Waals surface area contributed by atoms with Gasteiger partial charge in [0.1, 0.15) is 6.17 Å². The average Bonchev–Trinajstić information content (AvgIpc) is 2.77. The van der Waals surface area contributed by atoms with Gasteiger partial charge in [0.2, 0.25) is 5.91 Å². The summed E-state index contributed by atoms with van der Waals surface area (Å²) in [6.07, 6.45) is -0.124. The fraction of sp³-hybridized carbons (Fsp3) is 0.562. The van der Waals surface area contributed by atoms with E-state index in [9.17, 15) is 4.79 Å². The molecule has 1 aromatic carbocycles. The number of amides is 1. The summed E-state index contributed by atoms with van der Waals surface area (Å²) >= 11 is 0. The van der Waals surface area contributed by atoms with Crippen LogP contribution < -0.4 is 5.32 Å². The maximum absolute atomic E-state index is 12.4. The molecule has 2 heterocycles. The summed E-state index contributed by atoms with van der Waals surface area (Å²) < 4.78 is 11.1. The number of carbonyl (C=O) groups is 1. The largest absolute Gasteiger partial charge is 0.376 e. The van der Waals surface area contributed by atoms with E-state index >= 15 is 0 Å². The molecular weight excluding hydrogens is 268 g/mol. The molecule has 0 bridgehead atoms. The van der Waals surface area contributed by atoms with Gasteiger partial charge in [-0.15, -0.1) is 0 Å². The molecule has 114 valence electrons. The van der Waals surface area contributed by atoms with E-state index in [1.165, 1.54) is 5.56 Å². The molecule has 2 fully saturated rings. The normalized spacial score (nSPS) is 29.9. The second-order valence-corrected chi connectivity index (χ2v) is 5.71. The van der Waals surface area contributed by atoms with Gasteiger partial charge >= 0.3 is 0 Å². The Bertz CT molecular complexity index is 514. The molecule has 1 N–H and O–H groups in total. The van der Waals surface area contributed by atoms with E-state index in [2.05, 4.69) is 24.4 Å². The summed E-state index contributed by atoms with van der Waals surface area (Å²) in [4.78, 5) is 14.3. The topological polar surface area (TPSA) is 50.8 Å². The number of aryl methyl sites for hydroxylation is 1. The molecule has 3 atom stereocenters. The summed E-state index contributed by atoms with van der Waals surface area (Å²) in [7, 11) is 0. The molecule has 1 amide bonds. The first-order valence-electron chi connectivity index (χ1n) is 7.48. The Hall–Kier alpha value is -1.43. The van der Waals surface area contributed by atoms with E-state index < -0.39 is 0 Å². The van der Waals surface area contributed by atoms with Crippen LogP contribution >= 0.6 is 0 Å². The number of rotatable bonds is 3. The molecule has 2 aliphatic heterocycles. The second-order valence-electron chi connectivity index (χ2n) is 5.71. The molecule has 0 aliphatic carbocycles. The minimum atomic E-state index is -0.167. The average molecular weight is 290 g/mol. The van der Waals surface area contributed by atoms with Crippen molar-refractivity contribution < 1.29 is 14.3 Å². The van der Waals surface area contributed by atoms with Crippen molar-refractivity contribution in [2.75, 3.05) is 26.4 Å². The van der Waals surface area contributed by atoms with Gasteiger partial charge in [0.05, 0.1) is 38.5 Å². The van der Waals surface area contributed by atoms with Crippen LogP contribution in [-0.2, 0) is 14.3 Å². The van der Waals surface area contributed by atoms with Gasteiger partial charge < -0.3 is 14.4 Å². The van der Waals surface area contributed by atoms with Gasteiger partial charge in [0.25, 0.3) is 0 Å². The third kappa shape index (κ3) is 2.95. The van der Waals surface area contributed by atoms with E-state index in [0.29, 0.717) is 26.4 Å². The molecule has 3 unspecified atom stereocenters. The van der Waals surface area contributed by atoms with Gasteiger partial charge in [-0.2, -0.15) is 0 Å². The molecule has 3 rings (SSSR count). The molecule has 5 nitrogen and oxygen atoms in total. The fourth-order valence-electron chi connectivity index (χ4n) is 2.98. The van der Waals surface area contributed by atoms with Crippen molar-refractivity contribution in [3.63, 3.8) is 0 Å². The third-order valence-corrected chi connectivity index (χ3v) is 4.14. The van der Waals surface area contributed by atoms with Gasteiger partial charge in [-0.3, -0.25) is 10.1 Å². The molecule has 0 saturated carbocycles. The van der Waals surface area contributed by atoms with Crippen molar-refractivity contribution in [1.82, 2.24) is 10.2 Å². The fourth-order valence-corrected chi connectivity index (χ4v) is 2.98. The van der Waals surface area contributed by atoms with Crippen LogP contribution in [0.2, 0.25) is 0 Å². The van der Waals surface area contributed by atoms with E-state index in [4.69, 9.17) is 9.47 Å². The van der Waals surface area contributed by atoms with Crippen LogP contribution in [0.5, 0.6) is 0 Å². The highest BCUT2D eigenvalue weighted by Gasteiger charge is 2.39. The van der Waals surface area contributed by atoms with Crippen LogP contribution in [0.3, 0.4) is 0 Å². The maximum atomic E-state index is 12.4. The monoisotopic (exact) mass is 290 g/mol. The number of nitrogens with one attached hydrogen (secondary N) is 1. The van der Waals surface area contributed by atoms with Crippen molar-refractivity contribution in [2.45, 2.75) is 32.2 Å². The Morgan fingerprint density at radius 2 is 2.14 bits per heavy atom. The van der Waals surface area contributed by atoms with Crippen molar-refractivity contribution in [3.05, 3.63) is 35.4 Å². The first-order valence-corrected chi connectivity index (χ1v) is 7.48. The zero-order valence-corrected chi connectivity index (χ0v) is 12.5. The minimum Gasteiger partial charge on any atom is -0.376 e. The molecule has 5 heteroatoms. The van der Waals surface area contributed by atoms with Crippen LogP contribution in [-0.4, -0.2) is 49.3 Å². The molecule has 1 aromatic rings. The SMILES string of the molecule is Cc1ccccc1C1NC(C)C(=O)N1CC1COCCO1. The molecule has 0 radical (unpaired) electrons. The molecular formula is C16H22N2O3. The zero-order valence-electron chi connectivity index (χ0n) is 12.5. The summed E-state index contributed by atoms with van der Waals surface area (Å²) in [6, 6.07) is 8.00. The van der Waals surface area contributed by atoms with E-state index in [1.807, 2.05) is 24.0 Å². The Morgan fingerprint density at radius 3 is 2.86 bits per heavy atom. The van der Waals surface area contributed by atoms with E-state index in [1.54, 1.807) is 0 Å². The molecule has 2 saturated heterocycles. The summed E-state index contributed by atoms with van der Waals surface area (Å²) in [6.45, 7) is 6.34. The first kappa shape index (κ1) is 14.5. The molecule has 2 aliphatic rings. The lowest BCUT2D eigenvalue weighted by atomic mass is 10.1. The van der Waals surface area contributed by atoms with Crippen molar-refractivity contribution in [3.8, 4) is 0 Å². The summed E-state index contributed by atoms with van der Waals surface area (Å²) in [5, 5.41) is 3.38. The Labute approximate surface area is 125 Å². The molecule has 21 heavy (non-hydrogen) atoms. The maximum Gasteiger partial charge on any atom is 0.241 e. The number of benzene rings is 1. The highest BCUT2D eigenvalue weighted by molar-refractivity contribution is 5.84. The lowest BCUT2D eigenvalue weighted by Gasteiger charge is -2.31. The number of carbonyl (C=O) groups excluding carboxylic acids is 1. The van der Waals surface area contributed by atoms with Crippen molar-refractivity contribution >= 4 is 5.91 Å². The predicted octanol–water partition coefficient (Wildman–Crippen LogP) is 1.23. The zero-order chi connectivity index (χ0) is 14.8. The van der Waals surface area contributed by atoms with Crippen LogP contribution in [0.1, 0.15) is 24.2 Å². The van der Waals surface area contributed by atoms with Crippen LogP contribution in [0.25, 0.3) is 0 Å². The van der Waals surface area contributed by atoms with Crippen molar-refractivity contribution in [1.29, 1.82) is 0 Å². The quantitative estimate of drug-likeness (QED) is 0.909. The van der Waals surface area contributed by atoms with Crippen LogP contribution in [0.4, 0.5) is 0 Å². The van der Waals surface area contributed by atoms with Gasteiger partial charge in [-0.25, -0.2) is 0 Å². The number of ether oxygens (including phenoxy) is 2. The highest BCUT2D eigenvalue weighted by Crippen LogP contribution is 2.28. The summed E-state index contributed by atoms with van der Waals surface area (Å²) in [5.74, 6) is 0.123. The number of hydrogen-bond acceptors (Lipinski definition) is 4. The Balaban J connectivity index is 1.81. The molecule has 0 aromatic heterocycles. The minimum absolute atomic E-state index is 0.0404. The highest BCUT2D eigenvalue weighted by atomic mass is 16.6. The van der Waals surface area contributed by atoms with Crippen molar-refractivity contribution in [2.24, 2.45) is 0 Å². The molecule has 0 spiro atoms. The van der Waals surface area contributed by atoms with Gasteiger partial charge in [0, 0.05) is 0 Å².